The van der Waals surface area contributed by atoms with E-state index in [0.717, 1.165) is 6.54 Å². The van der Waals surface area contributed by atoms with Crippen LogP contribution >= 0.6 is 0 Å². The van der Waals surface area contributed by atoms with Crippen LogP contribution in [0, 0.1) is 22.7 Å². The minimum Gasteiger partial charge on any atom is -0.354 e. The van der Waals surface area contributed by atoms with Crippen molar-refractivity contribution in [3.8, 4) is 6.07 Å². The lowest BCUT2D eigenvalue weighted by Crippen LogP contribution is -2.37. The van der Waals surface area contributed by atoms with E-state index in [4.69, 9.17) is 5.26 Å². The van der Waals surface area contributed by atoms with Crippen LogP contribution in [-0.4, -0.2) is 25.5 Å². The first-order valence-electron chi connectivity index (χ1n) is 5.95. The van der Waals surface area contributed by atoms with E-state index in [1.807, 2.05) is 6.07 Å². The van der Waals surface area contributed by atoms with Gasteiger partial charge in [0, 0.05) is 13.1 Å². The van der Waals surface area contributed by atoms with Crippen LogP contribution in [0.4, 0.5) is 0 Å². The Labute approximate surface area is 97.4 Å². The summed E-state index contributed by atoms with van der Waals surface area (Å²) in [6.07, 6.45) is 2.92. The van der Waals surface area contributed by atoms with E-state index in [2.05, 4.69) is 24.5 Å². The molecule has 0 radical (unpaired) electrons. The van der Waals surface area contributed by atoms with Gasteiger partial charge in [0.2, 0.25) is 5.91 Å². The number of amides is 1. The lowest BCUT2D eigenvalue weighted by molar-refractivity contribution is -0.120. The van der Waals surface area contributed by atoms with E-state index < -0.39 is 0 Å². The molecule has 0 spiro atoms. The molecule has 1 rings (SSSR count). The maximum Gasteiger partial charge on any atom is 0.233 e. The molecule has 0 saturated heterocycles. The van der Waals surface area contributed by atoms with E-state index in [9.17, 15) is 4.79 Å². The standard InChI is InChI=1S/C12H21N3O/c1-10(2)12(4-5-12)9-14-8-11(16)15-7-3-6-13/h10,14H,3-5,7-9H2,1-2H3,(H,15,16). The number of nitrogens with one attached hydrogen (secondary N) is 2. The Balaban J connectivity index is 2.07. The zero-order valence-electron chi connectivity index (χ0n) is 10.2. The van der Waals surface area contributed by atoms with E-state index in [0.29, 0.717) is 30.8 Å². The van der Waals surface area contributed by atoms with Crippen LogP contribution in [0.15, 0.2) is 0 Å². The Morgan fingerprint density at radius 2 is 2.19 bits per heavy atom. The van der Waals surface area contributed by atoms with Crippen LogP contribution in [0.25, 0.3) is 0 Å². The van der Waals surface area contributed by atoms with Crippen LogP contribution in [0.1, 0.15) is 33.1 Å². The highest BCUT2D eigenvalue weighted by Gasteiger charge is 2.44. The van der Waals surface area contributed by atoms with Gasteiger partial charge in [0.25, 0.3) is 0 Å². The number of hydrogen-bond donors (Lipinski definition) is 2. The first kappa shape index (κ1) is 13.0. The van der Waals surface area contributed by atoms with E-state index in [1.165, 1.54) is 12.8 Å². The lowest BCUT2D eigenvalue weighted by atomic mass is 9.92. The molecule has 4 nitrogen and oxygen atoms in total. The largest absolute Gasteiger partial charge is 0.354 e. The van der Waals surface area contributed by atoms with Crippen molar-refractivity contribution in [3.05, 3.63) is 0 Å². The van der Waals surface area contributed by atoms with E-state index >= 15 is 0 Å². The van der Waals surface area contributed by atoms with Gasteiger partial charge in [0.1, 0.15) is 0 Å². The summed E-state index contributed by atoms with van der Waals surface area (Å²) in [7, 11) is 0. The van der Waals surface area contributed by atoms with E-state index in [1.54, 1.807) is 0 Å². The highest BCUT2D eigenvalue weighted by Crippen LogP contribution is 2.51. The van der Waals surface area contributed by atoms with Gasteiger partial charge in [-0.1, -0.05) is 13.8 Å². The Morgan fingerprint density at radius 1 is 1.50 bits per heavy atom. The lowest BCUT2D eigenvalue weighted by Gasteiger charge is -2.19. The average molecular weight is 223 g/mol. The summed E-state index contributed by atoms with van der Waals surface area (Å²) in [6.45, 7) is 6.21. The molecule has 1 aliphatic carbocycles. The van der Waals surface area contributed by atoms with Gasteiger partial charge in [-0.3, -0.25) is 4.79 Å². The van der Waals surface area contributed by atoms with Crippen molar-refractivity contribution in [1.82, 2.24) is 10.6 Å². The Bertz CT molecular complexity index is 276. The molecule has 0 aromatic carbocycles. The molecule has 0 bridgehead atoms. The van der Waals surface area contributed by atoms with Crippen molar-refractivity contribution in [2.24, 2.45) is 11.3 Å². The molecule has 90 valence electrons. The van der Waals surface area contributed by atoms with E-state index in [-0.39, 0.29) is 5.91 Å². The van der Waals surface area contributed by atoms with Crippen molar-refractivity contribution in [1.29, 1.82) is 5.26 Å². The highest BCUT2D eigenvalue weighted by atomic mass is 16.1. The van der Waals surface area contributed by atoms with Crippen molar-refractivity contribution in [2.45, 2.75) is 33.1 Å². The van der Waals surface area contributed by atoms with Crippen molar-refractivity contribution in [3.63, 3.8) is 0 Å². The minimum absolute atomic E-state index is 0.0187. The molecule has 0 aromatic heterocycles. The van der Waals surface area contributed by atoms with Crippen LogP contribution in [-0.2, 0) is 4.79 Å². The molecule has 1 aliphatic rings. The van der Waals surface area contributed by atoms with Gasteiger partial charge in [0.05, 0.1) is 19.0 Å². The normalized spacial score (nSPS) is 16.9. The first-order valence-corrected chi connectivity index (χ1v) is 5.95. The minimum atomic E-state index is -0.0187. The van der Waals surface area contributed by atoms with Gasteiger partial charge in [-0.15, -0.1) is 0 Å². The second kappa shape index (κ2) is 5.86. The maximum atomic E-state index is 11.3. The molecule has 1 saturated carbocycles. The molecule has 0 atom stereocenters. The molecule has 0 unspecified atom stereocenters. The molecular formula is C12H21N3O. The number of hydrogen-bond acceptors (Lipinski definition) is 3. The molecule has 16 heavy (non-hydrogen) atoms. The van der Waals surface area contributed by atoms with Gasteiger partial charge in [-0.2, -0.15) is 5.26 Å². The Hall–Kier alpha value is -1.08. The van der Waals surface area contributed by atoms with Crippen molar-refractivity contribution in [2.75, 3.05) is 19.6 Å². The van der Waals surface area contributed by atoms with Gasteiger partial charge < -0.3 is 10.6 Å². The molecular weight excluding hydrogens is 202 g/mol. The maximum absolute atomic E-state index is 11.3. The second-order valence-electron chi connectivity index (χ2n) is 4.88. The van der Waals surface area contributed by atoms with Crippen LogP contribution < -0.4 is 10.6 Å². The molecule has 0 heterocycles. The summed E-state index contributed by atoms with van der Waals surface area (Å²) in [5, 5.41) is 14.2. The third-order valence-electron chi connectivity index (χ3n) is 3.44. The third-order valence-corrected chi connectivity index (χ3v) is 3.44. The summed E-state index contributed by atoms with van der Waals surface area (Å²) < 4.78 is 0. The van der Waals surface area contributed by atoms with Gasteiger partial charge in [-0.05, 0) is 24.2 Å². The molecule has 4 heteroatoms. The van der Waals surface area contributed by atoms with Gasteiger partial charge in [-0.25, -0.2) is 0 Å². The smallest absolute Gasteiger partial charge is 0.233 e. The monoisotopic (exact) mass is 223 g/mol. The predicted octanol–water partition coefficient (Wildman–Crippen LogP) is 1.04. The van der Waals surface area contributed by atoms with Crippen LogP contribution in [0.2, 0.25) is 0 Å². The SMILES string of the molecule is CC(C)C1(CNCC(=O)NCCC#N)CC1. The molecule has 2 N–H and O–H groups in total. The van der Waals surface area contributed by atoms with Gasteiger partial charge in [0.15, 0.2) is 0 Å². The fourth-order valence-corrected chi connectivity index (χ4v) is 1.86. The Morgan fingerprint density at radius 3 is 2.69 bits per heavy atom. The highest BCUT2D eigenvalue weighted by molar-refractivity contribution is 5.77. The number of nitriles is 1. The summed E-state index contributed by atoms with van der Waals surface area (Å²) >= 11 is 0. The van der Waals surface area contributed by atoms with Crippen LogP contribution in [0.3, 0.4) is 0 Å². The fraction of sp³-hybridized carbons (Fsp3) is 0.833. The molecule has 0 aliphatic heterocycles. The fourth-order valence-electron chi connectivity index (χ4n) is 1.86. The molecule has 1 amide bonds. The summed E-state index contributed by atoms with van der Waals surface area (Å²) in [4.78, 5) is 11.3. The third kappa shape index (κ3) is 3.82. The summed E-state index contributed by atoms with van der Waals surface area (Å²) in [5.74, 6) is 0.663. The average Bonchev–Trinajstić information content (AvgIpc) is 2.99. The first-order chi connectivity index (χ1) is 7.60. The zero-order valence-corrected chi connectivity index (χ0v) is 10.2. The van der Waals surface area contributed by atoms with Crippen molar-refractivity contribution < 1.29 is 4.79 Å². The number of carbonyl (C=O) groups excluding carboxylic acids is 1. The quantitative estimate of drug-likeness (QED) is 0.634. The number of rotatable bonds is 7. The Kier molecular flexibility index (Phi) is 4.75. The number of carbonyl (C=O) groups is 1. The zero-order chi connectivity index (χ0) is 12.0. The topological polar surface area (TPSA) is 64.9 Å². The molecule has 1 fully saturated rings. The van der Waals surface area contributed by atoms with Crippen molar-refractivity contribution >= 4 is 5.91 Å². The number of nitrogens with zero attached hydrogens (tertiary/aromatic N) is 1. The summed E-state index contributed by atoms with van der Waals surface area (Å²) in [5.41, 5.74) is 0.437. The molecule has 0 aromatic rings. The van der Waals surface area contributed by atoms with Crippen LogP contribution in [0.5, 0.6) is 0 Å². The van der Waals surface area contributed by atoms with Gasteiger partial charge >= 0.3 is 0 Å². The predicted molar refractivity (Wildman–Crippen MR) is 62.6 cm³/mol. The second-order valence-corrected chi connectivity index (χ2v) is 4.88. The summed E-state index contributed by atoms with van der Waals surface area (Å²) in [6, 6.07) is 1.99.